The number of benzene rings is 1. The summed E-state index contributed by atoms with van der Waals surface area (Å²) in [6.07, 6.45) is 0.823. The van der Waals surface area contributed by atoms with E-state index in [0.717, 1.165) is 29.8 Å². The van der Waals surface area contributed by atoms with Crippen molar-refractivity contribution in [2.24, 2.45) is 0 Å². The lowest BCUT2D eigenvalue weighted by molar-refractivity contribution is 0.383. The normalized spacial score (nSPS) is 12.2. The Labute approximate surface area is 104 Å². The summed E-state index contributed by atoms with van der Waals surface area (Å²) >= 11 is 0. The highest BCUT2D eigenvalue weighted by Gasteiger charge is 2.15. The van der Waals surface area contributed by atoms with E-state index in [0.29, 0.717) is 0 Å². The van der Waals surface area contributed by atoms with Gasteiger partial charge in [-0.1, -0.05) is 17.7 Å². The second-order valence-electron chi connectivity index (χ2n) is 4.52. The van der Waals surface area contributed by atoms with Crippen LogP contribution in [0, 0.1) is 18.3 Å². The maximum Gasteiger partial charge on any atom is 0.123 e. The van der Waals surface area contributed by atoms with Crippen LogP contribution in [-0.2, 0) is 0 Å². The molecular formula is C14H20N2O. The van der Waals surface area contributed by atoms with Gasteiger partial charge in [-0.05, 0) is 40.1 Å². The third kappa shape index (κ3) is 3.76. The molecule has 0 aliphatic carbocycles. The summed E-state index contributed by atoms with van der Waals surface area (Å²) in [6, 6.07) is 8.35. The van der Waals surface area contributed by atoms with E-state index in [2.05, 4.69) is 11.0 Å². The van der Waals surface area contributed by atoms with Gasteiger partial charge in [0, 0.05) is 5.56 Å². The minimum atomic E-state index is -0.104. The Balaban J connectivity index is 2.94. The van der Waals surface area contributed by atoms with Gasteiger partial charge >= 0.3 is 0 Å². The fourth-order valence-corrected chi connectivity index (χ4v) is 1.80. The lowest BCUT2D eigenvalue weighted by Gasteiger charge is -2.16. The van der Waals surface area contributed by atoms with E-state index in [4.69, 9.17) is 4.74 Å². The van der Waals surface area contributed by atoms with Gasteiger partial charge in [0.15, 0.2) is 0 Å². The lowest BCUT2D eigenvalue weighted by atomic mass is 9.94. The molecule has 92 valence electrons. The maximum atomic E-state index is 9.28. The molecule has 0 radical (unpaired) electrons. The number of hydrogen-bond acceptors (Lipinski definition) is 3. The van der Waals surface area contributed by atoms with Crippen LogP contribution < -0.4 is 4.74 Å². The van der Waals surface area contributed by atoms with Gasteiger partial charge in [-0.25, -0.2) is 0 Å². The number of nitrogens with zero attached hydrogens (tertiary/aromatic N) is 2. The molecule has 0 aliphatic rings. The lowest BCUT2D eigenvalue weighted by Crippen LogP contribution is -2.15. The Morgan fingerprint density at radius 1 is 1.41 bits per heavy atom. The van der Waals surface area contributed by atoms with Gasteiger partial charge in [-0.3, -0.25) is 0 Å². The number of ether oxygens (including phenoxy) is 1. The molecule has 1 rings (SSSR count). The van der Waals surface area contributed by atoms with Crippen molar-refractivity contribution in [3.63, 3.8) is 0 Å². The van der Waals surface area contributed by atoms with Crippen LogP contribution in [0.25, 0.3) is 0 Å². The number of hydrogen-bond donors (Lipinski definition) is 0. The van der Waals surface area contributed by atoms with Crippen LogP contribution in [-0.4, -0.2) is 32.6 Å². The molecule has 3 heteroatoms. The van der Waals surface area contributed by atoms with Crippen molar-refractivity contribution < 1.29 is 4.74 Å². The van der Waals surface area contributed by atoms with E-state index in [1.165, 1.54) is 0 Å². The molecule has 0 saturated carbocycles. The zero-order valence-electron chi connectivity index (χ0n) is 11.0. The zero-order valence-corrected chi connectivity index (χ0v) is 11.0. The van der Waals surface area contributed by atoms with Gasteiger partial charge in [0.05, 0.1) is 19.1 Å². The Bertz CT molecular complexity index is 407. The van der Waals surface area contributed by atoms with Gasteiger partial charge in [-0.15, -0.1) is 0 Å². The summed E-state index contributed by atoms with van der Waals surface area (Å²) in [7, 11) is 5.68. The van der Waals surface area contributed by atoms with E-state index in [1.54, 1.807) is 7.11 Å². The molecule has 0 bridgehead atoms. The third-order valence-electron chi connectivity index (χ3n) is 2.78. The van der Waals surface area contributed by atoms with Crippen molar-refractivity contribution in [1.29, 1.82) is 5.26 Å². The summed E-state index contributed by atoms with van der Waals surface area (Å²) in [5.41, 5.74) is 2.16. The van der Waals surface area contributed by atoms with Gasteiger partial charge in [-0.2, -0.15) is 5.26 Å². The summed E-state index contributed by atoms with van der Waals surface area (Å²) in [5.74, 6) is 0.702. The Hall–Kier alpha value is -1.53. The smallest absolute Gasteiger partial charge is 0.123 e. The quantitative estimate of drug-likeness (QED) is 0.782. The van der Waals surface area contributed by atoms with Gasteiger partial charge in [0.1, 0.15) is 5.75 Å². The Morgan fingerprint density at radius 3 is 2.65 bits per heavy atom. The van der Waals surface area contributed by atoms with E-state index >= 15 is 0 Å². The molecule has 1 aromatic rings. The summed E-state index contributed by atoms with van der Waals surface area (Å²) in [6.45, 7) is 2.93. The van der Waals surface area contributed by atoms with Crippen LogP contribution in [0.2, 0.25) is 0 Å². The predicted molar refractivity (Wildman–Crippen MR) is 69.3 cm³/mol. The molecule has 0 N–H and O–H groups in total. The fraction of sp³-hybridized carbons (Fsp3) is 0.500. The number of nitriles is 1. The van der Waals surface area contributed by atoms with Crippen molar-refractivity contribution in [3.8, 4) is 11.8 Å². The molecule has 0 aliphatic heterocycles. The first-order chi connectivity index (χ1) is 8.08. The molecule has 0 amide bonds. The van der Waals surface area contributed by atoms with E-state index < -0.39 is 0 Å². The van der Waals surface area contributed by atoms with Crippen LogP contribution in [0.15, 0.2) is 18.2 Å². The van der Waals surface area contributed by atoms with Crippen LogP contribution >= 0.6 is 0 Å². The number of methoxy groups -OCH3 is 1. The van der Waals surface area contributed by atoms with Crippen molar-refractivity contribution >= 4 is 0 Å². The SMILES string of the molecule is COc1ccc(C)cc1C(C#N)CCN(C)C. The van der Waals surface area contributed by atoms with Crippen LogP contribution in [0.5, 0.6) is 5.75 Å². The average molecular weight is 232 g/mol. The first kappa shape index (κ1) is 13.5. The number of rotatable bonds is 5. The molecule has 1 atom stereocenters. The Kier molecular flexibility index (Phi) is 4.99. The highest BCUT2D eigenvalue weighted by atomic mass is 16.5. The maximum absolute atomic E-state index is 9.28. The first-order valence-corrected chi connectivity index (χ1v) is 5.77. The minimum Gasteiger partial charge on any atom is -0.496 e. The highest BCUT2D eigenvalue weighted by Crippen LogP contribution is 2.29. The summed E-state index contributed by atoms with van der Waals surface area (Å²) in [5, 5.41) is 9.28. The molecular weight excluding hydrogens is 212 g/mol. The largest absolute Gasteiger partial charge is 0.496 e. The molecule has 1 aromatic carbocycles. The molecule has 3 nitrogen and oxygen atoms in total. The standard InChI is InChI=1S/C14H20N2O/c1-11-5-6-14(17-4)13(9-11)12(10-15)7-8-16(2)3/h5-6,9,12H,7-8H2,1-4H3. The van der Waals surface area contributed by atoms with E-state index in [9.17, 15) is 5.26 Å². The molecule has 0 spiro atoms. The third-order valence-corrected chi connectivity index (χ3v) is 2.78. The van der Waals surface area contributed by atoms with Crippen LogP contribution in [0.3, 0.4) is 0 Å². The minimum absolute atomic E-state index is 0.104. The van der Waals surface area contributed by atoms with Gasteiger partial charge in [0.2, 0.25) is 0 Å². The molecule has 0 saturated heterocycles. The molecule has 0 heterocycles. The average Bonchev–Trinajstić information content (AvgIpc) is 2.30. The Morgan fingerprint density at radius 2 is 2.12 bits per heavy atom. The highest BCUT2D eigenvalue weighted by molar-refractivity contribution is 5.41. The second-order valence-corrected chi connectivity index (χ2v) is 4.52. The summed E-state index contributed by atoms with van der Waals surface area (Å²) < 4.78 is 5.33. The van der Waals surface area contributed by atoms with Crippen molar-refractivity contribution in [1.82, 2.24) is 4.90 Å². The predicted octanol–water partition coefficient (Wildman–Crippen LogP) is 2.56. The van der Waals surface area contributed by atoms with E-state index in [-0.39, 0.29) is 5.92 Å². The summed E-state index contributed by atoms with van der Waals surface area (Å²) in [4.78, 5) is 2.09. The van der Waals surface area contributed by atoms with Crippen LogP contribution in [0.4, 0.5) is 0 Å². The van der Waals surface area contributed by atoms with Crippen LogP contribution in [0.1, 0.15) is 23.5 Å². The van der Waals surface area contributed by atoms with Gasteiger partial charge in [0.25, 0.3) is 0 Å². The molecule has 17 heavy (non-hydrogen) atoms. The molecule has 1 unspecified atom stereocenters. The topological polar surface area (TPSA) is 36.3 Å². The second kappa shape index (κ2) is 6.27. The van der Waals surface area contributed by atoms with Crippen molar-refractivity contribution in [2.45, 2.75) is 19.3 Å². The van der Waals surface area contributed by atoms with Gasteiger partial charge < -0.3 is 9.64 Å². The first-order valence-electron chi connectivity index (χ1n) is 5.77. The molecule has 0 fully saturated rings. The fourth-order valence-electron chi connectivity index (χ4n) is 1.80. The van der Waals surface area contributed by atoms with Crippen molar-refractivity contribution in [3.05, 3.63) is 29.3 Å². The van der Waals surface area contributed by atoms with Crippen molar-refractivity contribution in [2.75, 3.05) is 27.7 Å². The number of aryl methyl sites for hydroxylation is 1. The zero-order chi connectivity index (χ0) is 12.8. The van der Waals surface area contributed by atoms with E-state index in [1.807, 2.05) is 39.2 Å². The molecule has 0 aromatic heterocycles. The monoisotopic (exact) mass is 232 g/mol.